The molecule has 3 aromatic rings. The molecule has 0 fully saturated rings. The highest BCUT2D eigenvalue weighted by atomic mass is 32.2. The molecule has 6 nitrogen and oxygen atoms in total. The Hall–Kier alpha value is -2.55. The van der Waals surface area contributed by atoms with Crippen LogP contribution in [0.25, 0.3) is 0 Å². The van der Waals surface area contributed by atoms with Crippen molar-refractivity contribution in [2.75, 3.05) is 6.54 Å². The second-order valence-corrected chi connectivity index (χ2v) is 10.2. The maximum atomic E-state index is 13.1. The summed E-state index contributed by atoms with van der Waals surface area (Å²) in [6.07, 6.45) is 2.98. The average Bonchev–Trinajstić information content (AvgIpc) is 2.70. The van der Waals surface area contributed by atoms with Crippen molar-refractivity contribution in [3.8, 4) is 0 Å². The van der Waals surface area contributed by atoms with Crippen LogP contribution in [-0.4, -0.2) is 28.4 Å². The highest BCUT2D eigenvalue weighted by molar-refractivity contribution is 7.92. The number of benzene rings is 2. The molecule has 0 saturated carbocycles. The number of sulfone groups is 1. The van der Waals surface area contributed by atoms with Gasteiger partial charge in [0, 0.05) is 18.9 Å². The van der Waals surface area contributed by atoms with Crippen molar-refractivity contribution in [1.29, 1.82) is 0 Å². The van der Waals surface area contributed by atoms with Gasteiger partial charge in [-0.3, -0.25) is 4.98 Å². The topological polar surface area (TPSA) is 93.2 Å². The minimum atomic E-state index is -3.82. The van der Waals surface area contributed by atoms with Crippen molar-refractivity contribution in [3.05, 3.63) is 96.3 Å². The summed E-state index contributed by atoms with van der Waals surface area (Å²) in [5.41, 5.74) is 1.05. The molecule has 0 unspecified atom stereocenters. The molecule has 0 saturated heterocycles. The molecule has 0 aliphatic carbocycles. The Morgan fingerprint density at radius 2 is 1.46 bits per heavy atom. The third-order valence-corrected chi connectivity index (χ3v) is 7.63. The van der Waals surface area contributed by atoms with Gasteiger partial charge in [0.2, 0.25) is 10.0 Å². The van der Waals surface area contributed by atoms with Gasteiger partial charge in [-0.15, -0.1) is 0 Å². The number of rotatable bonds is 8. The van der Waals surface area contributed by atoms with Gasteiger partial charge in [0.25, 0.3) is 0 Å². The molecule has 146 valence electrons. The summed E-state index contributed by atoms with van der Waals surface area (Å²) < 4.78 is 53.7. The molecule has 0 aliphatic heterocycles. The van der Waals surface area contributed by atoms with Crippen LogP contribution in [0.4, 0.5) is 0 Å². The Morgan fingerprint density at radius 1 is 0.821 bits per heavy atom. The smallest absolute Gasteiger partial charge is 0.215 e. The third kappa shape index (κ3) is 5.03. The quantitative estimate of drug-likeness (QED) is 0.609. The molecular formula is C20H20N2O4S2. The fourth-order valence-corrected chi connectivity index (χ4v) is 5.72. The van der Waals surface area contributed by atoms with Crippen molar-refractivity contribution in [2.24, 2.45) is 0 Å². The molecule has 0 bridgehead atoms. The Morgan fingerprint density at radius 3 is 2.07 bits per heavy atom. The van der Waals surface area contributed by atoms with Crippen molar-refractivity contribution < 1.29 is 16.8 Å². The predicted octanol–water partition coefficient (Wildman–Crippen LogP) is 2.72. The van der Waals surface area contributed by atoms with E-state index < -0.39 is 25.1 Å². The maximum Gasteiger partial charge on any atom is 0.215 e. The van der Waals surface area contributed by atoms with E-state index in [-0.39, 0.29) is 17.2 Å². The zero-order chi connectivity index (χ0) is 20.0. The second-order valence-electron chi connectivity index (χ2n) is 6.23. The molecule has 8 heteroatoms. The van der Waals surface area contributed by atoms with Crippen LogP contribution < -0.4 is 4.72 Å². The van der Waals surface area contributed by atoms with Crippen LogP contribution in [0, 0.1) is 0 Å². The van der Waals surface area contributed by atoms with Gasteiger partial charge in [-0.25, -0.2) is 21.6 Å². The summed E-state index contributed by atoms with van der Waals surface area (Å²) in [7, 11) is -7.53. The average molecular weight is 417 g/mol. The van der Waals surface area contributed by atoms with E-state index in [2.05, 4.69) is 9.71 Å². The first-order chi connectivity index (χ1) is 13.4. The van der Waals surface area contributed by atoms with E-state index in [1.54, 1.807) is 60.7 Å². The second kappa shape index (κ2) is 8.64. The van der Waals surface area contributed by atoms with Gasteiger partial charge < -0.3 is 0 Å². The van der Waals surface area contributed by atoms with Gasteiger partial charge in [-0.2, -0.15) is 0 Å². The summed E-state index contributed by atoms with van der Waals surface area (Å²) in [6.45, 7) is -0.280. The SMILES string of the molecule is O=S(=O)(Cc1ccccc1)NC[C@@H](c1cccnc1)S(=O)(=O)c1ccccc1. The van der Waals surface area contributed by atoms with Crippen molar-refractivity contribution in [1.82, 2.24) is 9.71 Å². The number of nitrogens with zero attached hydrogens (tertiary/aromatic N) is 1. The molecule has 1 aromatic heterocycles. The molecule has 0 radical (unpaired) electrons. The van der Waals surface area contributed by atoms with Crippen molar-refractivity contribution in [2.45, 2.75) is 15.9 Å². The van der Waals surface area contributed by atoms with Gasteiger partial charge in [-0.1, -0.05) is 54.6 Å². The number of hydrogen-bond acceptors (Lipinski definition) is 5. The monoisotopic (exact) mass is 416 g/mol. The van der Waals surface area contributed by atoms with Crippen LogP contribution in [0.5, 0.6) is 0 Å². The summed E-state index contributed by atoms with van der Waals surface area (Å²) in [6, 6.07) is 20.0. The van der Waals surface area contributed by atoms with Gasteiger partial charge in [-0.05, 0) is 29.3 Å². The van der Waals surface area contributed by atoms with Crippen LogP contribution in [-0.2, 0) is 25.6 Å². The molecule has 2 aromatic carbocycles. The van der Waals surface area contributed by atoms with Crippen LogP contribution in [0.2, 0.25) is 0 Å². The lowest BCUT2D eigenvalue weighted by Gasteiger charge is -2.19. The van der Waals surface area contributed by atoms with E-state index in [9.17, 15) is 16.8 Å². The molecule has 28 heavy (non-hydrogen) atoms. The minimum Gasteiger partial charge on any atom is -0.264 e. The van der Waals surface area contributed by atoms with E-state index in [0.29, 0.717) is 11.1 Å². The lowest BCUT2D eigenvalue weighted by Crippen LogP contribution is -2.32. The first kappa shape index (κ1) is 20.2. The van der Waals surface area contributed by atoms with Gasteiger partial charge in [0.1, 0.15) is 5.25 Å². The van der Waals surface area contributed by atoms with Crippen LogP contribution in [0.1, 0.15) is 16.4 Å². The first-order valence-corrected chi connectivity index (χ1v) is 11.8. The predicted molar refractivity (Wildman–Crippen MR) is 108 cm³/mol. The fourth-order valence-electron chi connectivity index (χ4n) is 2.79. The summed E-state index contributed by atoms with van der Waals surface area (Å²) in [5, 5.41) is -1.09. The summed E-state index contributed by atoms with van der Waals surface area (Å²) >= 11 is 0. The van der Waals surface area contributed by atoms with Crippen molar-refractivity contribution in [3.63, 3.8) is 0 Å². The Kier molecular flexibility index (Phi) is 6.23. The fraction of sp³-hybridized carbons (Fsp3) is 0.150. The van der Waals surface area contributed by atoms with Crippen LogP contribution >= 0.6 is 0 Å². The molecule has 1 heterocycles. The number of sulfonamides is 1. The van der Waals surface area contributed by atoms with E-state index >= 15 is 0 Å². The molecular weight excluding hydrogens is 396 g/mol. The van der Waals surface area contributed by atoms with Gasteiger partial charge in [0.05, 0.1) is 10.6 Å². The van der Waals surface area contributed by atoms with Crippen molar-refractivity contribution >= 4 is 19.9 Å². The Labute approximate surface area is 165 Å². The van der Waals surface area contributed by atoms with Gasteiger partial charge >= 0.3 is 0 Å². The summed E-state index contributed by atoms with van der Waals surface area (Å²) in [5.74, 6) is -0.223. The molecule has 0 aliphatic rings. The highest BCUT2D eigenvalue weighted by Crippen LogP contribution is 2.28. The lowest BCUT2D eigenvalue weighted by atomic mass is 10.2. The standard InChI is InChI=1S/C20H20N2O4S2/c23-27(24,16-17-8-3-1-4-9-17)22-15-20(18-10-7-13-21-14-18)28(25,26)19-11-5-2-6-12-19/h1-14,20,22H,15-16H2/t20-/m0/s1. The van der Waals surface area contributed by atoms with E-state index in [1.165, 1.54) is 24.5 Å². The number of pyridine rings is 1. The normalized spacial score (nSPS) is 13.1. The lowest BCUT2D eigenvalue weighted by molar-refractivity contribution is 0.568. The third-order valence-electron chi connectivity index (χ3n) is 4.19. The van der Waals surface area contributed by atoms with E-state index in [4.69, 9.17) is 0 Å². The van der Waals surface area contributed by atoms with Crippen LogP contribution in [0.15, 0.2) is 90.1 Å². The Bertz CT molecular complexity index is 1100. The molecule has 1 N–H and O–H groups in total. The number of nitrogens with one attached hydrogen (secondary N) is 1. The summed E-state index contributed by atoms with van der Waals surface area (Å²) in [4.78, 5) is 4.11. The van der Waals surface area contributed by atoms with E-state index in [0.717, 1.165) is 0 Å². The molecule has 3 rings (SSSR count). The minimum absolute atomic E-state index is 0.131. The highest BCUT2D eigenvalue weighted by Gasteiger charge is 2.30. The molecule has 0 amide bonds. The van der Waals surface area contributed by atoms with Crippen LogP contribution in [0.3, 0.4) is 0 Å². The maximum absolute atomic E-state index is 13.1. The zero-order valence-electron chi connectivity index (χ0n) is 15.0. The largest absolute Gasteiger partial charge is 0.264 e. The molecule has 1 atom stereocenters. The first-order valence-electron chi connectivity index (χ1n) is 8.59. The zero-order valence-corrected chi connectivity index (χ0v) is 16.6. The molecule has 0 spiro atoms. The van der Waals surface area contributed by atoms with E-state index in [1.807, 2.05) is 0 Å². The number of hydrogen-bond donors (Lipinski definition) is 1. The number of aromatic nitrogens is 1. The Balaban J connectivity index is 1.87. The van der Waals surface area contributed by atoms with Gasteiger partial charge in [0.15, 0.2) is 9.84 Å².